The van der Waals surface area contributed by atoms with Gasteiger partial charge in [0, 0.05) is 16.7 Å². The first kappa shape index (κ1) is 16.2. The molecule has 0 atom stereocenters. The molecule has 1 N–H and O–H groups in total. The Kier molecular flexibility index (Phi) is 4.91. The molecule has 6 heteroatoms. The van der Waals surface area contributed by atoms with Crippen molar-refractivity contribution in [1.82, 2.24) is 10.5 Å². The zero-order chi connectivity index (χ0) is 16.9. The molecule has 0 fully saturated rings. The van der Waals surface area contributed by atoms with Crippen molar-refractivity contribution in [3.63, 3.8) is 0 Å². The van der Waals surface area contributed by atoms with Crippen molar-refractivity contribution >= 4 is 17.5 Å². The number of nitrogens with one attached hydrogen (secondary N) is 1. The van der Waals surface area contributed by atoms with E-state index in [0.29, 0.717) is 16.5 Å². The summed E-state index contributed by atoms with van der Waals surface area (Å²) in [5.41, 5.74) is 2.07. The molecule has 0 saturated heterocycles. The Bertz CT molecular complexity index is 846. The fourth-order valence-electron chi connectivity index (χ4n) is 2.21. The van der Waals surface area contributed by atoms with E-state index in [1.165, 1.54) is 12.1 Å². The molecule has 3 rings (SSSR count). The Balaban J connectivity index is 1.58. The first-order valence-corrected chi connectivity index (χ1v) is 7.71. The number of hydrogen-bond acceptors (Lipinski definition) is 3. The molecular weight excluding hydrogens is 331 g/mol. The lowest BCUT2D eigenvalue weighted by Gasteiger charge is -2.04. The maximum atomic E-state index is 12.9. The van der Waals surface area contributed by atoms with E-state index in [9.17, 15) is 9.18 Å². The number of carbonyl (C=O) groups excluding carboxylic acids is 1. The van der Waals surface area contributed by atoms with Crippen molar-refractivity contribution < 1.29 is 13.7 Å². The van der Waals surface area contributed by atoms with Crippen LogP contribution in [-0.4, -0.2) is 11.1 Å². The van der Waals surface area contributed by atoms with Crippen LogP contribution in [0, 0.1) is 5.82 Å². The molecule has 24 heavy (non-hydrogen) atoms. The average Bonchev–Trinajstić information content (AvgIpc) is 3.05. The zero-order valence-electron chi connectivity index (χ0n) is 12.6. The molecule has 122 valence electrons. The van der Waals surface area contributed by atoms with Gasteiger partial charge in [-0.2, -0.15) is 0 Å². The minimum atomic E-state index is -0.315. The van der Waals surface area contributed by atoms with Gasteiger partial charge in [0.1, 0.15) is 11.5 Å². The van der Waals surface area contributed by atoms with E-state index in [0.717, 1.165) is 11.1 Å². The SMILES string of the molecule is O=C(Cc1ccccc1Cl)NCc1cc(-c2ccc(F)cc2)on1. The van der Waals surface area contributed by atoms with Crippen LogP contribution in [0.4, 0.5) is 4.39 Å². The molecule has 1 heterocycles. The van der Waals surface area contributed by atoms with E-state index in [1.54, 1.807) is 24.3 Å². The Morgan fingerprint density at radius 2 is 1.92 bits per heavy atom. The van der Waals surface area contributed by atoms with Gasteiger partial charge in [0.2, 0.25) is 5.91 Å². The molecule has 0 aliphatic carbocycles. The molecule has 0 bridgehead atoms. The lowest BCUT2D eigenvalue weighted by molar-refractivity contribution is -0.120. The van der Waals surface area contributed by atoms with Gasteiger partial charge in [-0.05, 0) is 35.9 Å². The van der Waals surface area contributed by atoms with Gasteiger partial charge < -0.3 is 9.84 Å². The quantitative estimate of drug-likeness (QED) is 0.761. The summed E-state index contributed by atoms with van der Waals surface area (Å²) in [6.45, 7) is 0.244. The molecule has 1 amide bonds. The zero-order valence-corrected chi connectivity index (χ0v) is 13.4. The van der Waals surface area contributed by atoms with Crippen LogP contribution in [0.1, 0.15) is 11.3 Å². The van der Waals surface area contributed by atoms with Gasteiger partial charge in [0.15, 0.2) is 5.76 Å². The predicted octanol–water partition coefficient (Wildman–Crippen LogP) is 3.99. The van der Waals surface area contributed by atoms with Gasteiger partial charge in [-0.1, -0.05) is 35.0 Å². The lowest BCUT2D eigenvalue weighted by atomic mass is 10.1. The Morgan fingerprint density at radius 1 is 1.17 bits per heavy atom. The van der Waals surface area contributed by atoms with Gasteiger partial charge in [-0.15, -0.1) is 0 Å². The fourth-order valence-corrected chi connectivity index (χ4v) is 2.41. The number of carbonyl (C=O) groups is 1. The maximum Gasteiger partial charge on any atom is 0.224 e. The standard InChI is InChI=1S/C18H14ClFN2O2/c19-16-4-2-1-3-13(16)9-18(23)21-11-15-10-17(24-22-15)12-5-7-14(20)8-6-12/h1-8,10H,9,11H2,(H,21,23). The normalized spacial score (nSPS) is 10.6. The third-order valence-electron chi connectivity index (χ3n) is 3.46. The van der Waals surface area contributed by atoms with E-state index in [4.69, 9.17) is 16.1 Å². The molecular formula is C18H14ClFN2O2. The molecule has 0 unspecified atom stereocenters. The van der Waals surface area contributed by atoms with Crippen LogP contribution in [-0.2, 0) is 17.8 Å². The fraction of sp³-hybridized carbons (Fsp3) is 0.111. The Morgan fingerprint density at radius 3 is 2.67 bits per heavy atom. The summed E-state index contributed by atoms with van der Waals surface area (Å²) in [4.78, 5) is 12.0. The van der Waals surface area contributed by atoms with Crippen LogP contribution in [0.5, 0.6) is 0 Å². The monoisotopic (exact) mass is 344 g/mol. The molecule has 0 spiro atoms. The summed E-state index contributed by atoms with van der Waals surface area (Å²) < 4.78 is 18.1. The molecule has 4 nitrogen and oxygen atoms in total. The van der Waals surface area contributed by atoms with Gasteiger partial charge in [-0.3, -0.25) is 4.79 Å². The molecule has 0 radical (unpaired) electrons. The number of benzene rings is 2. The molecule has 1 aromatic heterocycles. The van der Waals surface area contributed by atoms with Crippen LogP contribution >= 0.6 is 11.6 Å². The minimum absolute atomic E-state index is 0.158. The first-order chi connectivity index (χ1) is 11.6. The molecule has 0 aliphatic heterocycles. The topological polar surface area (TPSA) is 55.1 Å². The van der Waals surface area contributed by atoms with Crippen LogP contribution in [0.15, 0.2) is 59.1 Å². The van der Waals surface area contributed by atoms with Crippen molar-refractivity contribution in [3.8, 4) is 11.3 Å². The molecule has 2 aromatic carbocycles. The van der Waals surface area contributed by atoms with E-state index >= 15 is 0 Å². The highest BCUT2D eigenvalue weighted by molar-refractivity contribution is 6.31. The van der Waals surface area contributed by atoms with Crippen LogP contribution in [0.2, 0.25) is 5.02 Å². The van der Waals surface area contributed by atoms with Crippen molar-refractivity contribution in [1.29, 1.82) is 0 Å². The highest BCUT2D eigenvalue weighted by Gasteiger charge is 2.10. The number of hydrogen-bond donors (Lipinski definition) is 1. The van der Waals surface area contributed by atoms with E-state index in [1.807, 2.05) is 18.2 Å². The van der Waals surface area contributed by atoms with E-state index < -0.39 is 0 Å². The number of nitrogens with zero attached hydrogens (tertiary/aromatic N) is 1. The number of aromatic nitrogens is 1. The van der Waals surface area contributed by atoms with Gasteiger partial charge in [0.25, 0.3) is 0 Å². The number of amides is 1. The lowest BCUT2D eigenvalue weighted by Crippen LogP contribution is -2.24. The maximum absolute atomic E-state index is 12.9. The first-order valence-electron chi connectivity index (χ1n) is 7.33. The summed E-state index contributed by atoms with van der Waals surface area (Å²) in [5.74, 6) is 0.0464. The van der Waals surface area contributed by atoms with Crippen LogP contribution in [0.3, 0.4) is 0 Å². The highest BCUT2D eigenvalue weighted by atomic mass is 35.5. The summed E-state index contributed by atoms with van der Waals surface area (Å²) in [6, 6.07) is 14.8. The Hall–Kier alpha value is -2.66. The van der Waals surface area contributed by atoms with Crippen molar-refractivity contribution in [2.75, 3.05) is 0 Å². The van der Waals surface area contributed by atoms with Gasteiger partial charge >= 0.3 is 0 Å². The highest BCUT2D eigenvalue weighted by Crippen LogP contribution is 2.20. The van der Waals surface area contributed by atoms with Crippen molar-refractivity contribution in [3.05, 3.63) is 76.7 Å². The second kappa shape index (κ2) is 7.27. The third-order valence-corrected chi connectivity index (χ3v) is 3.83. The van der Waals surface area contributed by atoms with Crippen molar-refractivity contribution in [2.24, 2.45) is 0 Å². The second-order valence-corrected chi connectivity index (χ2v) is 5.64. The molecule has 0 saturated carbocycles. The Labute approximate surface area is 143 Å². The largest absolute Gasteiger partial charge is 0.356 e. The summed E-state index contributed by atoms with van der Waals surface area (Å²) in [7, 11) is 0. The van der Waals surface area contributed by atoms with Crippen molar-refractivity contribution in [2.45, 2.75) is 13.0 Å². The predicted molar refractivity (Wildman–Crippen MR) is 88.9 cm³/mol. The summed E-state index contributed by atoms with van der Waals surface area (Å²) in [6.07, 6.45) is 0.197. The molecule has 3 aromatic rings. The third kappa shape index (κ3) is 4.00. The van der Waals surface area contributed by atoms with Crippen LogP contribution < -0.4 is 5.32 Å². The average molecular weight is 345 g/mol. The van der Waals surface area contributed by atoms with Gasteiger partial charge in [-0.25, -0.2) is 4.39 Å². The second-order valence-electron chi connectivity index (χ2n) is 5.23. The van der Waals surface area contributed by atoms with E-state index in [-0.39, 0.29) is 24.7 Å². The number of rotatable bonds is 5. The van der Waals surface area contributed by atoms with Gasteiger partial charge in [0.05, 0.1) is 13.0 Å². The summed E-state index contributed by atoms with van der Waals surface area (Å²) in [5, 5.41) is 7.23. The molecule has 0 aliphatic rings. The summed E-state index contributed by atoms with van der Waals surface area (Å²) >= 11 is 6.03. The minimum Gasteiger partial charge on any atom is -0.356 e. The smallest absolute Gasteiger partial charge is 0.224 e. The van der Waals surface area contributed by atoms with E-state index in [2.05, 4.69) is 10.5 Å². The van der Waals surface area contributed by atoms with Crippen LogP contribution in [0.25, 0.3) is 11.3 Å². The number of halogens is 2.